The third kappa shape index (κ3) is 2.51. The summed E-state index contributed by atoms with van der Waals surface area (Å²) in [7, 11) is 1.98. The molecular formula is C14H17NO. The van der Waals surface area contributed by atoms with Crippen molar-refractivity contribution in [3.05, 3.63) is 42.3 Å². The fourth-order valence-corrected chi connectivity index (χ4v) is 1.99. The molecule has 84 valence electrons. The lowest BCUT2D eigenvalue weighted by atomic mass is 9.92. The Morgan fingerprint density at radius 3 is 3.06 bits per heavy atom. The second kappa shape index (κ2) is 4.97. The molecule has 2 heteroatoms. The summed E-state index contributed by atoms with van der Waals surface area (Å²) in [6, 6.07) is 3.98. The van der Waals surface area contributed by atoms with Crippen LogP contribution in [0.1, 0.15) is 25.0 Å². The lowest BCUT2D eigenvalue weighted by molar-refractivity contribution is -0.117. The average molecular weight is 215 g/mol. The van der Waals surface area contributed by atoms with Gasteiger partial charge in [-0.15, -0.1) is 0 Å². The quantitative estimate of drug-likeness (QED) is 0.561. The van der Waals surface area contributed by atoms with Gasteiger partial charge < -0.3 is 4.57 Å². The Balaban J connectivity index is 2.01. The van der Waals surface area contributed by atoms with Crippen molar-refractivity contribution in [1.82, 2.24) is 4.57 Å². The molecule has 1 aromatic heterocycles. The predicted octanol–water partition coefficient (Wildman–Crippen LogP) is 2.96. The number of carbonyl (C=O) groups is 1. The standard InChI is InChI=1S/C14H17NO/c1-15-11-5-8-13(15)9-10-14(16)12-6-3-2-4-7-12/h3,5-6,8-12H,2,4,7H2,1H3/b10-9+. The number of rotatable bonds is 3. The first-order valence-electron chi connectivity index (χ1n) is 5.77. The molecule has 0 fully saturated rings. The molecule has 0 aliphatic heterocycles. The van der Waals surface area contributed by atoms with Gasteiger partial charge in [0, 0.05) is 24.9 Å². The molecular weight excluding hydrogens is 198 g/mol. The number of aromatic nitrogens is 1. The maximum absolute atomic E-state index is 11.9. The van der Waals surface area contributed by atoms with E-state index >= 15 is 0 Å². The molecule has 0 aromatic carbocycles. The molecule has 1 unspecified atom stereocenters. The lowest BCUT2D eigenvalue weighted by Gasteiger charge is -2.12. The molecule has 2 rings (SSSR count). The Labute approximate surface area is 96.3 Å². The average Bonchev–Trinajstić information content (AvgIpc) is 2.73. The molecule has 0 bridgehead atoms. The minimum Gasteiger partial charge on any atom is -0.351 e. The van der Waals surface area contributed by atoms with Crippen LogP contribution >= 0.6 is 0 Å². The molecule has 1 aromatic rings. The summed E-state index contributed by atoms with van der Waals surface area (Å²) in [5.74, 6) is 0.322. The summed E-state index contributed by atoms with van der Waals surface area (Å²) in [6.07, 6.45) is 13.0. The SMILES string of the molecule is Cn1cccc1/C=C/C(=O)C1C=CCCC1. The van der Waals surface area contributed by atoms with Crippen molar-refractivity contribution < 1.29 is 4.79 Å². The summed E-state index contributed by atoms with van der Waals surface area (Å²) in [6.45, 7) is 0. The zero-order valence-corrected chi connectivity index (χ0v) is 9.60. The van der Waals surface area contributed by atoms with Crippen molar-refractivity contribution in [3.8, 4) is 0 Å². The molecule has 0 amide bonds. The van der Waals surface area contributed by atoms with E-state index in [0.717, 1.165) is 25.0 Å². The Kier molecular flexibility index (Phi) is 3.40. The zero-order chi connectivity index (χ0) is 11.4. The summed E-state index contributed by atoms with van der Waals surface area (Å²) >= 11 is 0. The van der Waals surface area contributed by atoms with Gasteiger partial charge in [-0.1, -0.05) is 12.2 Å². The monoisotopic (exact) mass is 215 g/mol. The number of ketones is 1. The molecule has 1 aliphatic carbocycles. The van der Waals surface area contributed by atoms with E-state index in [9.17, 15) is 4.79 Å². The summed E-state index contributed by atoms with van der Waals surface area (Å²) in [5.41, 5.74) is 1.06. The van der Waals surface area contributed by atoms with Crippen LogP contribution in [0.15, 0.2) is 36.6 Å². The molecule has 0 spiro atoms. The molecule has 0 saturated heterocycles. The highest BCUT2D eigenvalue weighted by Crippen LogP contribution is 2.18. The van der Waals surface area contributed by atoms with Crippen LogP contribution in [0.2, 0.25) is 0 Å². The van der Waals surface area contributed by atoms with E-state index in [1.54, 1.807) is 6.08 Å². The van der Waals surface area contributed by atoms with E-state index in [4.69, 9.17) is 0 Å². The smallest absolute Gasteiger partial charge is 0.162 e. The van der Waals surface area contributed by atoms with Crippen LogP contribution in [0.25, 0.3) is 6.08 Å². The Bertz CT molecular complexity index is 426. The van der Waals surface area contributed by atoms with Crippen molar-refractivity contribution in [2.45, 2.75) is 19.3 Å². The van der Waals surface area contributed by atoms with Gasteiger partial charge in [0.05, 0.1) is 0 Å². The maximum Gasteiger partial charge on any atom is 0.162 e. The molecule has 1 atom stereocenters. The van der Waals surface area contributed by atoms with E-state index < -0.39 is 0 Å². The Morgan fingerprint density at radius 2 is 2.44 bits per heavy atom. The first-order valence-corrected chi connectivity index (χ1v) is 5.77. The molecule has 0 radical (unpaired) electrons. The van der Waals surface area contributed by atoms with E-state index in [1.807, 2.05) is 42.1 Å². The number of hydrogen-bond acceptors (Lipinski definition) is 1. The molecule has 1 heterocycles. The second-order valence-electron chi connectivity index (χ2n) is 4.25. The zero-order valence-electron chi connectivity index (χ0n) is 9.60. The highest BCUT2D eigenvalue weighted by molar-refractivity contribution is 5.96. The van der Waals surface area contributed by atoms with Crippen LogP contribution in [-0.2, 0) is 11.8 Å². The van der Waals surface area contributed by atoms with Gasteiger partial charge in [-0.3, -0.25) is 4.79 Å². The van der Waals surface area contributed by atoms with Gasteiger partial charge in [0.15, 0.2) is 5.78 Å². The number of allylic oxidation sites excluding steroid dienone is 3. The third-order valence-corrected chi connectivity index (χ3v) is 3.02. The molecule has 0 saturated carbocycles. The normalized spacial score (nSPS) is 20.4. The van der Waals surface area contributed by atoms with Gasteiger partial charge in [0.25, 0.3) is 0 Å². The molecule has 0 N–H and O–H groups in total. The van der Waals surface area contributed by atoms with Crippen LogP contribution in [0.3, 0.4) is 0 Å². The highest BCUT2D eigenvalue weighted by atomic mass is 16.1. The summed E-state index contributed by atoms with van der Waals surface area (Å²) in [4.78, 5) is 11.9. The van der Waals surface area contributed by atoms with E-state index in [-0.39, 0.29) is 11.7 Å². The molecule has 2 nitrogen and oxygen atoms in total. The van der Waals surface area contributed by atoms with E-state index in [1.165, 1.54) is 0 Å². The van der Waals surface area contributed by atoms with Gasteiger partial charge in [-0.2, -0.15) is 0 Å². The molecule has 16 heavy (non-hydrogen) atoms. The van der Waals surface area contributed by atoms with Gasteiger partial charge in [-0.25, -0.2) is 0 Å². The minimum absolute atomic E-state index is 0.102. The predicted molar refractivity (Wildman–Crippen MR) is 65.9 cm³/mol. The first kappa shape index (κ1) is 10.9. The second-order valence-corrected chi connectivity index (χ2v) is 4.25. The minimum atomic E-state index is 0.102. The van der Waals surface area contributed by atoms with Gasteiger partial charge in [0.1, 0.15) is 0 Å². The van der Waals surface area contributed by atoms with Crippen molar-refractivity contribution in [3.63, 3.8) is 0 Å². The van der Waals surface area contributed by atoms with Crippen molar-refractivity contribution in [1.29, 1.82) is 0 Å². The van der Waals surface area contributed by atoms with Crippen molar-refractivity contribution in [2.24, 2.45) is 13.0 Å². The maximum atomic E-state index is 11.9. The number of carbonyl (C=O) groups excluding carboxylic acids is 1. The largest absolute Gasteiger partial charge is 0.351 e. The highest BCUT2D eigenvalue weighted by Gasteiger charge is 2.14. The summed E-state index contributed by atoms with van der Waals surface area (Å²) < 4.78 is 2.00. The fourth-order valence-electron chi connectivity index (χ4n) is 1.99. The van der Waals surface area contributed by atoms with Crippen LogP contribution < -0.4 is 0 Å². The number of hydrogen-bond donors (Lipinski definition) is 0. The van der Waals surface area contributed by atoms with E-state index in [0.29, 0.717) is 0 Å². The fraction of sp³-hybridized carbons (Fsp3) is 0.357. The van der Waals surface area contributed by atoms with Crippen LogP contribution in [0, 0.1) is 5.92 Å². The summed E-state index contributed by atoms with van der Waals surface area (Å²) in [5, 5.41) is 0. The van der Waals surface area contributed by atoms with Crippen LogP contribution in [0.5, 0.6) is 0 Å². The Hall–Kier alpha value is -1.57. The topological polar surface area (TPSA) is 22.0 Å². The first-order chi connectivity index (χ1) is 7.77. The van der Waals surface area contributed by atoms with E-state index in [2.05, 4.69) is 6.08 Å². The molecule has 1 aliphatic rings. The lowest BCUT2D eigenvalue weighted by Crippen LogP contribution is -2.11. The van der Waals surface area contributed by atoms with Gasteiger partial charge >= 0.3 is 0 Å². The third-order valence-electron chi connectivity index (χ3n) is 3.02. The van der Waals surface area contributed by atoms with Crippen molar-refractivity contribution >= 4 is 11.9 Å². The van der Waals surface area contributed by atoms with Gasteiger partial charge in [-0.05, 0) is 43.5 Å². The number of nitrogens with zero attached hydrogens (tertiary/aromatic N) is 1. The van der Waals surface area contributed by atoms with Crippen LogP contribution in [0.4, 0.5) is 0 Å². The Morgan fingerprint density at radius 1 is 1.56 bits per heavy atom. The van der Waals surface area contributed by atoms with Crippen molar-refractivity contribution in [2.75, 3.05) is 0 Å². The number of aryl methyl sites for hydroxylation is 1. The van der Waals surface area contributed by atoms with Crippen LogP contribution in [-0.4, -0.2) is 10.4 Å². The van der Waals surface area contributed by atoms with Gasteiger partial charge in [0.2, 0.25) is 0 Å².